The molecule has 1 amide bonds. The second kappa shape index (κ2) is 7.33. The Morgan fingerprint density at radius 2 is 2.05 bits per heavy atom. The first-order valence-electron chi connectivity index (χ1n) is 5.91. The average molecular weight is 293 g/mol. The molecule has 5 heteroatoms. The van der Waals surface area contributed by atoms with Crippen LogP contribution in [-0.4, -0.2) is 23.4 Å². The molecule has 1 heterocycles. The number of hydrogen-bond acceptors (Lipinski definition) is 4. The molecule has 0 saturated heterocycles. The van der Waals surface area contributed by atoms with Crippen LogP contribution in [0.4, 0.5) is 0 Å². The SMILES string of the molecule is O=C(CSc1cccs1)N[C@H](CO)c1ccccc1. The highest BCUT2D eigenvalue weighted by Crippen LogP contribution is 2.23. The Morgan fingerprint density at radius 1 is 1.26 bits per heavy atom. The molecule has 0 aliphatic heterocycles. The number of carbonyl (C=O) groups excluding carboxylic acids is 1. The van der Waals surface area contributed by atoms with Crippen LogP contribution in [0.3, 0.4) is 0 Å². The van der Waals surface area contributed by atoms with Gasteiger partial charge in [0, 0.05) is 0 Å². The predicted octanol–water partition coefficient (Wildman–Crippen LogP) is 2.69. The van der Waals surface area contributed by atoms with Crippen molar-refractivity contribution in [2.75, 3.05) is 12.4 Å². The minimum Gasteiger partial charge on any atom is -0.394 e. The molecule has 100 valence electrons. The van der Waals surface area contributed by atoms with Crippen LogP contribution < -0.4 is 5.32 Å². The highest BCUT2D eigenvalue weighted by molar-refractivity contribution is 8.01. The first-order valence-corrected chi connectivity index (χ1v) is 7.77. The predicted molar refractivity (Wildman–Crippen MR) is 79.5 cm³/mol. The lowest BCUT2D eigenvalue weighted by atomic mass is 10.1. The van der Waals surface area contributed by atoms with Crippen molar-refractivity contribution in [1.82, 2.24) is 5.32 Å². The highest BCUT2D eigenvalue weighted by Gasteiger charge is 2.13. The molecule has 1 aromatic heterocycles. The van der Waals surface area contributed by atoms with E-state index in [2.05, 4.69) is 5.32 Å². The number of carbonyl (C=O) groups is 1. The van der Waals surface area contributed by atoms with E-state index in [1.807, 2.05) is 47.8 Å². The van der Waals surface area contributed by atoms with Crippen LogP contribution in [0.1, 0.15) is 11.6 Å². The number of hydrogen-bond donors (Lipinski definition) is 2. The molecule has 1 atom stereocenters. The monoisotopic (exact) mass is 293 g/mol. The van der Waals surface area contributed by atoms with Gasteiger partial charge in [0.15, 0.2) is 0 Å². The van der Waals surface area contributed by atoms with Crippen molar-refractivity contribution < 1.29 is 9.90 Å². The van der Waals surface area contributed by atoms with E-state index in [4.69, 9.17) is 0 Å². The van der Waals surface area contributed by atoms with E-state index < -0.39 is 0 Å². The Kier molecular flexibility index (Phi) is 5.44. The summed E-state index contributed by atoms with van der Waals surface area (Å²) in [6, 6.07) is 13.1. The van der Waals surface area contributed by atoms with Crippen LogP contribution >= 0.6 is 23.1 Å². The molecule has 1 aromatic carbocycles. The van der Waals surface area contributed by atoms with Crippen molar-refractivity contribution in [3.63, 3.8) is 0 Å². The molecule has 0 aliphatic rings. The zero-order chi connectivity index (χ0) is 13.5. The molecule has 0 radical (unpaired) electrons. The lowest BCUT2D eigenvalue weighted by molar-refractivity contribution is -0.119. The molecule has 0 aliphatic carbocycles. The second-order valence-corrected chi connectivity index (χ2v) is 6.16. The van der Waals surface area contributed by atoms with Gasteiger partial charge in [0.2, 0.25) is 5.91 Å². The maximum Gasteiger partial charge on any atom is 0.230 e. The third kappa shape index (κ3) is 4.38. The standard InChI is InChI=1S/C14H15NO2S2/c16-9-12(11-5-2-1-3-6-11)15-13(17)10-19-14-7-4-8-18-14/h1-8,12,16H,9-10H2,(H,15,17)/t12-/m1/s1. The Balaban J connectivity index is 1.86. The van der Waals surface area contributed by atoms with E-state index >= 15 is 0 Å². The van der Waals surface area contributed by atoms with Crippen molar-refractivity contribution in [3.05, 3.63) is 53.4 Å². The molecular weight excluding hydrogens is 278 g/mol. The maximum atomic E-state index is 11.8. The van der Waals surface area contributed by atoms with Crippen LogP contribution in [0.5, 0.6) is 0 Å². The smallest absolute Gasteiger partial charge is 0.230 e. The Hall–Kier alpha value is -1.30. The minimum atomic E-state index is -0.336. The number of aliphatic hydroxyl groups excluding tert-OH is 1. The third-order valence-corrected chi connectivity index (χ3v) is 4.69. The summed E-state index contributed by atoms with van der Waals surface area (Å²) in [5.41, 5.74) is 0.916. The Bertz CT molecular complexity index is 499. The van der Waals surface area contributed by atoms with Crippen LogP contribution in [0.2, 0.25) is 0 Å². The zero-order valence-corrected chi connectivity index (χ0v) is 11.9. The number of nitrogens with one attached hydrogen (secondary N) is 1. The van der Waals surface area contributed by atoms with E-state index in [1.54, 1.807) is 11.3 Å². The molecule has 0 bridgehead atoms. The van der Waals surface area contributed by atoms with Gasteiger partial charge in [-0.1, -0.05) is 36.4 Å². The summed E-state index contributed by atoms with van der Waals surface area (Å²) in [6.07, 6.45) is 0. The van der Waals surface area contributed by atoms with Gasteiger partial charge in [-0.15, -0.1) is 23.1 Å². The number of benzene rings is 1. The molecule has 19 heavy (non-hydrogen) atoms. The van der Waals surface area contributed by atoms with E-state index in [9.17, 15) is 9.90 Å². The number of thiophene rings is 1. The summed E-state index contributed by atoms with van der Waals surface area (Å²) >= 11 is 3.13. The van der Waals surface area contributed by atoms with Crippen LogP contribution in [-0.2, 0) is 4.79 Å². The van der Waals surface area contributed by atoms with Gasteiger partial charge < -0.3 is 10.4 Å². The Labute approximate surface area is 120 Å². The number of thioether (sulfide) groups is 1. The minimum absolute atomic E-state index is 0.0682. The molecule has 0 spiro atoms. The van der Waals surface area contributed by atoms with Crippen molar-refractivity contribution in [3.8, 4) is 0 Å². The fourth-order valence-electron chi connectivity index (χ4n) is 1.64. The molecular formula is C14H15NO2S2. The second-order valence-electron chi connectivity index (χ2n) is 3.93. The maximum absolute atomic E-state index is 11.8. The fraction of sp³-hybridized carbons (Fsp3) is 0.214. The summed E-state index contributed by atoms with van der Waals surface area (Å²) in [7, 11) is 0. The normalized spacial score (nSPS) is 12.1. The molecule has 2 aromatic rings. The molecule has 0 saturated carbocycles. The molecule has 0 fully saturated rings. The van der Waals surface area contributed by atoms with Crippen LogP contribution in [0, 0.1) is 0 Å². The van der Waals surface area contributed by atoms with Gasteiger partial charge in [0.1, 0.15) is 0 Å². The van der Waals surface area contributed by atoms with Gasteiger partial charge >= 0.3 is 0 Å². The molecule has 2 rings (SSSR count). The quantitative estimate of drug-likeness (QED) is 0.805. The highest BCUT2D eigenvalue weighted by atomic mass is 32.2. The summed E-state index contributed by atoms with van der Waals surface area (Å²) in [5, 5.41) is 14.2. The van der Waals surface area contributed by atoms with Crippen molar-refractivity contribution in [2.45, 2.75) is 10.3 Å². The van der Waals surface area contributed by atoms with E-state index in [0.29, 0.717) is 5.75 Å². The summed E-state index contributed by atoms with van der Waals surface area (Å²) in [6.45, 7) is -0.0978. The molecule has 0 unspecified atom stereocenters. The first-order chi connectivity index (χ1) is 9.29. The zero-order valence-electron chi connectivity index (χ0n) is 10.3. The van der Waals surface area contributed by atoms with Crippen LogP contribution in [0.15, 0.2) is 52.1 Å². The summed E-state index contributed by atoms with van der Waals surface area (Å²) in [4.78, 5) is 11.8. The van der Waals surface area contributed by atoms with Gasteiger partial charge in [-0.25, -0.2) is 0 Å². The topological polar surface area (TPSA) is 49.3 Å². The number of rotatable bonds is 6. The van der Waals surface area contributed by atoms with Crippen molar-refractivity contribution in [2.24, 2.45) is 0 Å². The van der Waals surface area contributed by atoms with Gasteiger partial charge in [-0.3, -0.25) is 4.79 Å². The molecule has 3 nitrogen and oxygen atoms in total. The van der Waals surface area contributed by atoms with Gasteiger partial charge in [0.25, 0.3) is 0 Å². The van der Waals surface area contributed by atoms with Gasteiger partial charge in [-0.05, 0) is 17.0 Å². The number of amides is 1. The van der Waals surface area contributed by atoms with Crippen LogP contribution in [0.25, 0.3) is 0 Å². The first kappa shape index (κ1) is 14.1. The van der Waals surface area contributed by atoms with Gasteiger partial charge in [-0.2, -0.15) is 0 Å². The largest absolute Gasteiger partial charge is 0.394 e. The van der Waals surface area contributed by atoms with Crippen molar-refractivity contribution >= 4 is 29.0 Å². The summed E-state index contributed by atoms with van der Waals surface area (Å²) in [5.74, 6) is 0.297. The molecule has 2 N–H and O–H groups in total. The lowest BCUT2D eigenvalue weighted by Crippen LogP contribution is -2.32. The lowest BCUT2D eigenvalue weighted by Gasteiger charge is -2.16. The number of aliphatic hydroxyl groups is 1. The van der Waals surface area contributed by atoms with Gasteiger partial charge in [0.05, 0.1) is 22.6 Å². The van der Waals surface area contributed by atoms with E-state index in [0.717, 1.165) is 9.77 Å². The van der Waals surface area contributed by atoms with E-state index in [1.165, 1.54) is 11.8 Å². The van der Waals surface area contributed by atoms with Crippen molar-refractivity contribution in [1.29, 1.82) is 0 Å². The Morgan fingerprint density at radius 3 is 2.68 bits per heavy atom. The average Bonchev–Trinajstić information content (AvgIpc) is 2.97. The fourth-order valence-corrected chi connectivity index (χ4v) is 3.23. The third-order valence-electron chi connectivity index (χ3n) is 2.56. The summed E-state index contributed by atoms with van der Waals surface area (Å²) < 4.78 is 1.12. The van der Waals surface area contributed by atoms with E-state index in [-0.39, 0.29) is 18.6 Å².